The molecule has 1 heterocycles. The summed E-state index contributed by atoms with van der Waals surface area (Å²) in [6.07, 6.45) is 0.0854. The first-order valence-electron chi connectivity index (χ1n) is 6.45. The molecule has 1 aromatic heterocycles. The van der Waals surface area contributed by atoms with E-state index in [0.29, 0.717) is 12.2 Å². The highest BCUT2D eigenvalue weighted by Gasteiger charge is 2.31. The first-order chi connectivity index (χ1) is 9.74. The zero-order chi connectivity index (χ0) is 13.9. The lowest BCUT2D eigenvalue weighted by molar-refractivity contribution is -0.120. The maximum absolute atomic E-state index is 12.0. The van der Waals surface area contributed by atoms with E-state index in [1.165, 1.54) is 11.8 Å². The first kappa shape index (κ1) is 13.7. The Labute approximate surface area is 126 Å². The van der Waals surface area contributed by atoms with E-state index in [2.05, 4.69) is 5.32 Å². The zero-order valence-corrected chi connectivity index (χ0v) is 12.4. The predicted molar refractivity (Wildman–Crippen MR) is 82.1 cm³/mol. The number of nitrogens with one attached hydrogen (secondary N) is 1. The van der Waals surface area contributed by atoms with Gasteiger partial charge in [0.25, 0.3) is 0 Å². The summed E-state index contributed by atoms with van der Waals surface area (Å²) in [5, 5.41) is 15.0. The summed E-state index contributed by atoms with van der Waals surface area (Å²) < 4.78 is 1.13. The average Bonchev–Trinajstić information content (AvgIpc) is 3.06. The molecule has 0 saturated carbocycles. The minimum Gasteiger partial charge on any atom is -0.390 e. The molecular formula is C15H15NO2S2. The Morgan fingerprint density at radius 2 is 2.20 bits per heavy atom. The highest BCUT2D eigenvalue weighted by atomic mass is 32.2. The van der Waals surface area contributed by atoms with E-state index >= 15 is 0 Å². The Kier molecular flexibility index (Phi) is 4.10. The molecule has 3 nitrogen and oxygen atoms in total. The maximum atomic E-state index is 12.0. The molecule has 0 bridgehead atoms. The molecule has 0 unspecified atom stereocenters. The summed E-state index contributed by atoms with van der Waals surface area (Å²) in [4.78, 5) is 12.0. The van der Waals surface area contributed by atoms with E-state index in [-0.39, 0.29) is 11.9 Å². The molecule has 1 aliphatic carbocycles. The van der Waals surface area contributed by atoms with Crippen LogP contribution in [-0.2, 0) is 11.2 Å². The molecule has 1 amide bonds. The summed E-state index contributed by atoms with van der Waals surface area (Å²) in [5.41, 5.74) is 2.16. The standard InChI is InChI=1S/C15H15NO2S2/c17-12-8-10-4-1-2-5-11(10)15(12)16-13(18)9-20-14-6-3-7-19-14/h1-7,12,15,17H,8-9H2,(H,16,18)/t12-,15+/m1/s1. The quantitative estimate of drug-likeness (QED) is 0.854. The molecule has 0 spiro atoms. The number of amides is 1. The van der Waals surface area contributed by atoms with Crippen LogP contribution in [0.15, 0.2) is 46.0 Å². The van der Waals surface area contributed by atoms with Crippen molar-refractivity contribution in [3.63, 3.8) is 0 Å². The van der Waals surface area contributed by atoms with E-state index in [4.69, 9.17) is 0 Å². The smallest absolute Gasteiger partial charge is 0.230 e. The van der Waals surface area contributed by atoms with Crippen LogP contribution in [0.1, 0.15) is 17.2 Å². The van der Waals surface area contributed by atoms with Gasteiger partial charge in [-0.1, -0.05) is 30.3 Å². The summed E-state index contributed by atoms with van der Waals surface area (Å²) in [5.74, 6) is 0.343. The largest absolute Gasteiger partial charge is 0.390 e. The fourth-order valence-corrected chi connectivity index (χ4v) is 4.04. The monoisotopic (exact) mass is 305 g/mol. The van der Waals surface area contributed by atoms with Gasteiger partial charge in [-0.05, 0) is 22.6 Å². The minimum atomic E-state index is -0.525. The molecule has 2 aromatic rings. The van der Waals surface area contributed by atoms with Crippen molar-refractivity contribution in [2.45, 2.75) is 22.8 Å². The van der Waals surface area contributed by atoms with E-state index in [1.54, 1.807) is 11.3 Å². The van der Waals surface area contributed by atoms with E-state index < -0.39 is 6.10 Å². The van der Waals surface area contributed by atoms with Crippen molar-refractivity contribution in [3.8, 4) is 0 Å². The lowest BCUT2D eigenvalue weighted by Gasteiger charge is -2.17. The molecule has 1 aromatic carbocycles. The van der Waals surface area contributed by atoms with Gasteiger partial charge in [0.15, 0.2) is 0 Å². The summed E-state index contributed by atoms with van der Waals surface area (Å²) in [7, 11) is 0. The van der Waals surface area contributed by atoms with Crippen LogP contribution in [-0.4, -0.2) is 22.9 Å². The number of carbonyl (C=O) groups excluding carboxylic acids is 1. The number of rotatable bonds is 4. The lowest BCUT2D eigenvalue weighted by atomic mass is 10.1. The Bertz CT molecular complexity index is 598. The van der Waals surface area contributed by atoms with Crippen LogP contribution in [0.5, 0.6) is 0 Å². The second-order valence-electron chi connectivity index (χ2n) is 4.74. The minimum absolute atomic E-state index is 0.0378. The number of thioether (sulfide) groups is 1. The molecule has 3 rings (SSSR count). The van der Waals surface area contributed by atoms with E-state index in [9.17, 15) is 9.90 Å². The summed E-state index contributed by atoms with van der Waals surface area (Å²) in [6.45, 7) is 0. The van der Waals surface area contributed by atoms with Gasteiger partial charge in [-0.3, -0.25) is 4.79 Å². The number of benzene rings is 1. The van der Waals surface area contributed by atoms with Gasteiger partial charge < -0.3 is 10.4 Å². The molecule has 2 N–H and O–H groups in total. The molecule has 2 atom stereocenters. The molecule has 20 heavy (non-hydrogen) atoms. The van der Waals surface area contributed by atoms with Gasteiger partial charge in [0.1, 0.15) is 0 Å². The number of hydrogen-bond donors (Lipinski definition) is 2. The van der Waals surface area contributed by atoms with E-state index in [0.717, 1.165) is 15.3 Å². The van der Waals surface area contributed by atoms with Crippen molar-refractivity contribution in [1.29, 1.82) is 0 Å². The number of fused-ring (bicyclic) bond motifs is 1. The molecule has 0 radical (unpaired) electrons. The second-order valence-corrected chi connectivity index (χ2v) is 6.96. The van der Waals surface area contributed by atoms with Crippen molar-refractivity contribution in [1.82, 2.24) is 5.32 Å². The Balaban J connectivity index is 1.61. The van der Waals surface area contributed by atoms with Gasteiger partial charge in [-0.2, -0.15) is 0 Å². The molecule has 0 fully saturated rings. The van der Waals surface area contributed by atoms with Crippen LogP contribution in [0.4, 0.5) is 0 Å². The van der Waals surface area contributed by atoms with Crippen LogP contribution < -0.4 is 5.32 Å². The zero-order valence-electron chi connectivity index (χ0n) is 10.8. The Morgan fingerprint density at radius 3 is 3.00 bits per heavy atom. The van der Waals surface area contributed by atoms with Crippen LogP contribution in [0.2, 0.25) is 0 Å². The van der Waals surface area contributed by atoms with Crippen molar-refractivity contribution >= 4 is 29.0 Å². The molecule has 104 valence electrons. The third kappa shape index (κ3) is 2.90. The van der Waals surface area contributed by atoms with E-state index in [1.807, 2.05) is 41.8 Å². The second kappa shape index (κ2) is 5.99. The number of carbonyl (C=O) groups is 1. The van der Waals surface area contributed by atoms with Gasteiger partial charge in [0.05, 0.1) is 22.1 Å². The van der Waals surface area contributed by atoms with Gasteiger partial charge >= 0.3 is 0 Å². The van der Waals surface area contributed by atoms with Crippen molar-refractivity contribution in [3.05, 3.63) is 52.9 Å². The highest BCUT2D eigenvalue weighted by molar-refractivity contribution is 8.01. The summed E-state index contributed by atoms with van der Waals surface area (Å²) in [6, 6.07) is 11.6. The number of aliphatic hydroxyl groups excluding tert-OH is 1. The predicted octanol–water partition coefficient (Wildman–Crippen LogP) is 2.61. The van der Waals surface area contributed by atoms with Gasteiger partial charge in [-0.25, -0.2) is 0 Å². The van der Waals surface area contributed by atoms with Crippen LogP contribution in [0, 0.1) is 0 Å². The van der Waals surface area contributed by atoms with Crippen molar-refractivity contribution in [2.24, 2.45) is 0 Å². The van der Waals surface area contributed by atoms with Crippen molar-refractivity contribution < 1.29 is 9.90 Å². The maximum Gasteiger partial charge on any atom is 0.230 e. The molecule has 0 aliphatic heterocycles. The topological polar surface area (TPSA) is 49.3 Å². The van der Waals surface area contributed by atoms with Crippen LogP contribution in [0.3, 0.4) is 0 Å². The highest BCUT2D eigenvalue weighted by Crippen LogP contribution is 2.31. The van der Waals surface area contributed by atoms with Crippen molar-refractivity contribution in [2.75, 3.05) is 5.75 Å². The number of thiophene rings is 1. The fourth-order valence-electron chi connectivity index (χ4n) is 2.45. The molecule has 5 heteroatoms. The van der Waals surface area contributed by atoms with Crippen LogP contribution >= 0.6 is 23.1 Å². The normalized spacial score (nSPS) is 20.6. The number of hydrogen-bond acceptors (Lipinski definition) is 4. The third-order valence-electron chi connectivity index (χ3n) is 3.36. The molecule has 0 saturated heterocycles. The van der Waals surface area contributed by atoms with Gasteiger partial charge in [-0.15, -0.1) is 23.1 Å². The van der Waals surface area contributed by atoms with Gasteiger partial charge in [0.2, 0.25) is 5.91 Å². The Hall–Kier alpha value is -1.30. The van der Waals surface area contributed by atoms with Crippen LogP contribution in [0.25, 0.3) is 0 Å². The fraction of sp³-hybridized carbons (Fsp3) is 0.267. The number of aliphatic hydroxyl groups is 1. The average molecular weight is 305 g/mol. The lowest BCUT2D eigenvalue weighted by Crippen LogP contribution is -2.34. The first-order valence-corrected chi connectivity index (χ1v) is 8.32. The summed E-state index contributed by atoms with van der Waals surface area (Å²) >= 11 is 3.16. The molecule has 1 aliphatic rings. The molecular weight excluding hydrogens is 290 g/mol. The van der Waals surface area contributed by atoms with Gasteiger partial charge in [0, 0.05) is 6.42 Å². The third-order valence-corrected chi connectivity index (χ3v) is 5.49. The Morgan fingerprint density at radius 1 is 1.35 bits per heavy atom. The SMILES string of the molecule is O=C(CSc1cccs1)N[C@H]1c2ccccc2C[C@H]1O.